The number of benzene rings is 1. The highest BCUT2D eigenvalue weighted by Crippen LogP contribution is 2.34. The lowest BCUT2D eigenvalue weighted by atomic mass is 10.3. The van der Waals surface area contributed by atoms with E-state index in [-0.39, 0.29) is 39.2 Å². The summed E-state index contributed by atoms with van der Waals surface area (Å²) in [5.74, 6) is -0.608. The van der Waals surface area contributed by atoms with E-state index in [0.717, 1.165) is 12.1 Å². The van der Waals surface area contributed by atoms with Gasteiger partial charge in [-0.05, 0) is 30.3 Å². The van der Waals surface area contributed by atoms with Gasteiger partial charge in [0.2, 0.25) is 5.89 Å². The molecule has 3 aromatic rings. The zero-order chi connectivity index (χ0) is 20.9. The molecule has 0 saturated heterocycles. The minimum atomic E-state index is -5.58. The van der Waals surface area contributed by atoms with Crippen molar-refractivity contribution in [3.8, 4) is 11.6 Å². The smallest absolute Gasteiger partial charge is 0.435 e. The van der Waals surface area contributed by atoms with Crippen LogP contribution >= 0.6 is 0 Å². The minimum Gasteiger partial charge on any atom is -0.435 e. The van der Waals surface area contributed by atoms with Gasteiger partial charge in [0, 0.05) is 0 Å². The Balaban J connectivity index is 2.22. The van der Waals surface area contributed by atoms with Crippen LogP contribution < -0.4 is 5.73 Å². The van der Waals surface area contributed by atoms with Crippen LogP contribution in [0.3, 0.4) is 0 Å². The van der Waals surface area contributed by atoms with Crippen LogP contribution in [0.15, 0.2) is 44.5 Å². The summed E-state index contributed by atoms with van der Waals surface area (Å²) >= 11 is 0. The molecule has 0 aliphatic rings. The van der Waals surface area contributed by atoms with Gasteiger partial charge in [-0.15, -0.1) is 0 Å². The van der Waals surface area contributed by atoms with Crippen molar-refractivity contribution < 1.29 is 34.4 Å². The van der Waals surface area contributed by atoms with E-state index in [2.05, 4.69) is 9.97 Å². The molecule has 13 heteroatoms. The highest BCUT2D eigenvalue weighted by atomic mass is 32.2. The quantitative estimate of drug-likeness (QED) is 0.661. The maximum absolute atomic E-state index is 12.7. The first-order chi connectivity index (χ1) is 12.9. The Morgan fingerprint density at radius 3 is 2.36 bits per heavy atom. The molecule has 2 heterocycles. The number of halogens is 3. The second kappa shape index (κ2) is 6.44. The lowest BCUT2D eigenvalue weighted by Gasteiger charge is -2.07. The Morgan fingerprint density at radius 2 is 1.75 bits per heavy atom. The van der Waals surface area contributed by atoms with Gasteiger partial charge in [-0.25, -0.2) is 26.8 Å². The molecule has 1 aromatic carbocycles. The minimum absolute atomic E-state index is 0.0346. The molecular formula is C15H12F3N3O5S2. The maximum atomic E-state index is 12.7. The third-order valence-electron chi connectivity index (χ3n) is 3.77. The molecule has 0 aliphatic carbocycles. The number of pyridine rings is 1. The largest absolute Gasteiger partial charge is 0.501 e. The van der Waals surface area contributed by atoms with Gasteiger partial charge in [0.25, 0.3) is 9.84 Å². The van der Waals surface area contributed by atoms with Crippen molar-refractivity contribution in [3.63, 3.8) is 0 Å². The van der Waals surface area contributed by atoms with Gasteiger partial charge in [-0.1, -0.05) is 6.92 Å². The van der Waals surface area contributed by atoms with E-state index in [1.807, 2.05) is 0 Å². The van der Waals surface area contributed by atoms with Crippen LogP contribution in [-0.2, 0) is 19.7 Å². The van der Waals surface area contributed by atoms with Crippen LogP contribution in [-0.4, -0.2) is 38.1 Å². The number of rotatable bonds is 4. The van der Waals surface area contributed by atoms with E-state index in [1.165, 1.54) is 19.1 Å². The van der Waals surface area contributed by atoms with Crippen molar-refractivity contribution in [1.29, 1.82) is 0 Å². The number of sulfone groups is 2. The molecule has 0 bridgehead atoms. The van der Waals surface area contributed by atoms with Crippen LogP contribution in [0, 0.1) is 0 Å². The number of aromatic nitrogens is 2. The number of alkyl halides is 3. The first-order valence-electron chi connectivity index (χ1n) is 7.58. The Hall–Kier alpha value is -2.67. The van der Waals surface area contributed by atoms with Gasteiger partial charge >= 0.3 is 5.51 Å². The molecule has 0 atom stereocenters. The Morgan fingerprint density at radius 1 is 1.07 bits per heavy atom. The summed E-state index contributed by atoms with van der Waals surface area (Å²) in [4.78, 5) is 6.57. The van der Waals surface area contributed by atoms with Crippen molar-refractivity contribution in [1.82, 2.24) is 9.97 Å². The average Bonchev–Trinajstić information content (AvgIpc) is 3.03. The van der Waals surface area contributed by atoms with E-state index in [1.54, 1.807) is 0 Å². The Labute approximate surface area is 157 Å². The monoisotopic (exact) mass is 435 g/mol. The second-order valence-electron chi connectivity index (χ2n) is 5.58. The first kappa shape index (κ1) is 20.1. The van der Waals surface area contributed by atoms with Crippen molar-refractivity contribution >= 4 is 36.6 Å². The number of hydrogen-bond acceptors (Lipinski definition) is 8. The van der Waals surface area contributed by atoms with E-state index in [0.29, 0.717) is 6.07 Å². The van der Waals surface area contributed by atoms with Gasteiger partial charge in [-0.3, -0.25) is 0 Å². The van der Waals surface area contributed by atoms with E-state index in [9.17, 15) is 30.0 Å². The summed E-state index contributed by atoms with van der Waals surface area (Å²) in [5, 5.41) is 0. The predicted molar refractivity (Wildman–Crippen MR) is 92.6 cm³/mol. The summed E-state index contributed by atoms with van der Waals surface area (Å²) in [6.07, 6.45) is 0. The molecule has 150 valence electrons. The normalized spacial score (nSPS) is 13.1. The van der Waals surface area contributed by atoms with Crippen molar-refractivity contribution in [2.24, 2.45) is 0 Å². The topological polar surface area (TPSA) is 133 Å². The SMILES string of the molecule is CCS(=O)(=O)c1ccc(N)nc1-c1nc2cc(S(=O)(=O)C(F)(F)F)ccc2o1. The van der Waals surface area contributed by atoms with Crippen LogP contribution in [0.4, 0.5) is 19.0 Å². The third kappa shape index (κ3) is 3.30. The molecule has 0 unspecified atom stereocenters. The third-order valence-corrected chi connectivity index (χ3v) is 7.02. The average molecular weight is 435 g/mol. The second-order valence-corrected chi connectivity index (χ2v) is 9.77. The molecule has 0 aliphatic heterocycles. The number of nitrogens with zero attached hydrogens (tertiary/aromatic N) is 2. The van der Waals surface area contributed by atoms with Crippen LogP contribution in [0.25, 0.3) is 22.7 Å². The molecule has 28 heavy (non-hydrogen) atoms. The molecule has 2 aromatic heterocycles. The standard InChI is InChI=1S/C15H12F3N3O5S2/c1-2-27(22,23)11-5-6-12(19)21-13(11)14-20-9-7-8(3-4-10(9)26-14)28(24,25)15(16,17)18/h3-7H,2H2,1H3,(H2,19,21). The zero-order valence-electron chi connectivity index (χ0n) is 14.1. The fourth-order valence-electron chi connectivity index (χ4n) is 2.33. The number of oxazole rings is 1. The molecule has 3 rings (SSSR count). The van der Waals surface area contributed by atoms with Gasteiger partial charge in [0.05, 0.1) is 15.5 Å². The van der Waals surface area contributed by atoms with Gasteiger partial charge in [-0.2, -0.15) is 13.2 Å². The summed E-state index contributed by atoms with van der Waals surface area (Å²) < 4.78 is 91.2. The number of nitrogen functional groups attached to an aromatic ring is 1. The highest BCUT2D eigenvalue weighted by Gasteiger charge is 2.47. The maximum Gasteiger partial charge on any atom is 0.501 e. The van der Waals surface area contributed by atoms with Crippen molar-refractivity contribution in [2.45, 2.75) is 22.2 Å². The van der Waals surface area contributed by atoms with Gasteiger partial charge in [0.15, 0.2) is 15.4 Å². The first-order valence-corrected chi connectivity index (χ1v) is 10.7. The summed E-state index contributed by atoms with van der Waals surface area (Å²) in [6, 6.07) is 4.88. The van der Waals surface area contributed by atoms with Gasteiger partial charge < -0.3 is 10.2 Å². The molecule has 0 amide bonds. The molecule has 0 saturated carbocycles. The Kier molecular flexibility index (Phi) is 4.62. The van der Waals surface area contributed by atoms with Crippen molar-refractivity contribution in [2.75, 3.05) is 11.5 Å². The lowest BCUT2D eigenvalue weighted by molar-refractivity contribution is -0.0435. The van der Waals surface area contributed by atoms with Crippen LogP contribution in [0.1, 0.15) is 6.92 Å². The Bertz CT molecular complexity index is 1280. The fourth-order valence-corrected chi connectivity index (χ4v) is 4.13. The van der Waals surface area contributed by atoms with E-state index in [4.69, 9.17) is 10.2 Å². The summed E-state index contributed by atoms with van der Waals surface area (Å²) in [5.41, 5.74) is -0.385. The van der Waals surface area contributed by atoms with Gasteiger partial charge in [0.1, 0.15) is 17.0 Å². The number of anilines is 1. The molecule has 0 radical (unpaired) electrons. The molecule has 2 N–H and O–H groups in total. The van der Waals surface area contributed by atoms with Crippen LogP contribution in [0.5, 0.6) is 0 Å². The molecule has 8 nitrogen and oxygen atoms in total. The lowest BCUT2D eigenvalue weighted by Crippen LogP contribution is -2.23. The van der Waals surface area contributed by atoms with Crippen LogP contribution in [0.2, 0.25) is 0 Å². The number of fused-ring (bicyclic) bond motifs is 1. The molecular weight excluding hydrogens is 423 g/mol. The fraction of sp³-hybridized carbons (Fsp3) is 0.200. The predicted octanol–water partition coefficient (Wildman–Crippen LogP) is 2.56. The highest BCUT2D eigenvalue weighted by molar-refractivity contribution is 7.92. The zero-order valence-corrected chi connectivity index (χ0v) is 15.7. The number of nitrogens with two attached hydrogens (primary N) is 1. The van der Waals surface area contributed by atoms with E-state index < -0.39 is 30.1 Å². The summed E-state index contributed by atoms with van der Waals surface area (Å²) in [7, 11) is -9.32. The van der Waals surface area contributed by atoms with Crippen molar-refractivity contribution in [3.05, 3.63) is 30.3 Å². The molecule has 0 spiro atoms. The van der Waals surface area contributed by atoms with E-state index >= 15 is 0 Å². The molecule has 0 fully saturated rings. The summed E-state index contributed by atoms with van der Waals surface area (Å²) in [6.45, 7) is 1.41. The number of hydrogen-bond donors (Lipinski definition) is 1.